The fraction of sp³-hybridized carbons (Fsp3) is 0.394. The Labute approximate surface area is 219 Å². The van der Waals surface area contributed by atoms with Gasteiger partial charge in [-0.05, 0) is 90.5 Å². The second-order valence-corrected chi connectivity index (χ2v) is 11.9. The van der Waals surface area contributed by atoms with Crippen LogP contribution in [0.1, 0.15) is 68.4 Å². The lowest BCUT2D eigenvalue weighted by atomic mass is 9.46. The third kappa shape index (κ3) is 3.53. The number of carbonyl (C=O) groups is 2. The van der Waals surface area contributed by atoms with Crippen LogP contribution in [0.2, 0.25) is 0 Å². The first-order valence-corrected chi connectivity index (χ1v) is 13.0. The lowest BCUT2D eigenvalue weighted by Crippen LogP contribution is -2.62. The molecule has 3 aliphatic carbocycles. The number of allylic oxidation sites excluding steroid dienone is 3. The lowest BCUT2D eigenvalue weighted by molar-refractivity contribution is -0.152. The van der Waals surface area contributed by atoms with Gasteiger partial charge in [0.25, 0.3) is 0 Å². The Balaban J connectivity index is 1.66. The van der Waals surface area contributed by atoms with E-state index in [1.165, 1.54) is 18.1 Å². The van der Waals surface area contributed by atoms with Gasteiger partial charge in [0.15, 0.2) is 11.4 Å². The van der Waals surface area contributed by atoms with Gasteiger partial charge < -0.3 is 9.84 Å². The number of carbonyl (C=O) groups excluding carboxylic acids is 2. The van der Waals surface area contributed by atoms with Crippen molar-refractivity contribution in [2.75, 3.05) is 0 Å². The van der Waals surface area contributed by atoms with Gasteiger partial charge in [-0.1, -0.05) is 62.9 Å². The van der Waals surface area contributed by atoms with Crippen molar-refractivity contribution in [2.24, 2.45) is 10.8 Å². The molecule has 0 saturated heterocycles. The van der Waals surface area contributed by atoms with E-state index in [2.05, 4.69) is 39.5 Å². The fourth-order valence-electron chi connectivity index (χ4n) is 7.55. The van der Waals surface area contributed by atoms with Gasteiger partial charge in [0.05, 0.1) is 0 Å². The van der Waals surface area contributed by atoms with Crippen LogP contribution in [0, 0.1) is 24.7 Å². The number of hydrogen-bond acceptors (Lipinski definition) is 4. The number of aryl methyl sites for hydroxylation is 2. The summed E-state index contributed by atoms with van der Waals surface area (Å²) in [4.78, 5) is 27.0. The maximum atomic E-state index is 14.1. The molecule has 1 N–H and O–H groups in total. The molecule has 37 heavy (non-hydrogen) atoms. The van der Waals surface area contributed by atoms with Gasteiger partial charge in [-0.2, -0.15) is 0 Å². The number of rotatable bonds is 4. The summed E-state index contributed by atoms with van der Waals surface area (Å²) in [6, 6.07) is 14.0. The van der Waals surface area contributed by atoms with E-state index in [0.717, 1.165) is 34.3 Å². The average Bonchev–Trinajstić information content (AvgIpc) is 2.82. The normalized spacial score (nSPS) is 29.1. The fourth-order valence-corrected chi connectivity index (χ4v) is 7.55. The molecule has 0 unspecified atom stereocenters. The summed E-state index contributed by atoms with van der Waals surface area (Å²) in [5.74, 6) is -0.548. The predicted octanol–water partition coefficient (Wildman–Crippen LogP) is 6.37. The SMILES string of the molecule is C=C1C2=C(C)[C@@]3(O)C(=O)C(C(C)=O)=C(OCc4ccccc4)C[C@@]3(C)C[C@@]2(C)Cc2c(C)ccc(C)c21. The maximum Gasteiger partial charge on any atom is 0.206 e. The summed E-state index contributed by atoms with van der Waals surface area (Å²) in [7, 11) is 0. The Morgan fingerprint density at radius 3 is 2.32 bits per heavy atom. The van der Waals surface area contributed by atoms with Crippen LogP contribution in [0.5, 0.6) is 0 Å². The molecule has 0 spiro atoms. The monoisotopic (exact) mass is 496 g/mol. The summed E-state index contributed by atoms with van der Waals surface area (Å²) in [6.07, 6.45) is 1.69. The van der Waals surface area contributed by atoms with E-state index in [1.807, 2.05) is 44.2 Å². The molecule has 4 heteroatoms. The molecule has 3 atom stereocenters. The summed E-state index contributed by atoms with van der Waals surface area (Å²) in [6.45, 7) is 16.4. The molecule has 2 aromatic carbocycles. The minimum atomic E-state index is -1.80. The number of ether oxygens (including phenoxy) is 1. The number of ketones is 2. The topological polar surface area (TPSA) is 63.6 Å². The number of hydrogen-bond donors (Lipinski definition) is 1. The summed E-state index contributed by atoms with van der Waals surface area (Å²) >= 11 is 0. The Morgan fingerprint density at radius 2 is 1.68 bits per heavy atom. The molecule has 0 aromatic heterocycles. The highest BCUT2D eigenvalue weighted by molar-refractivity contribution is 6.24. The summed E-state index contributed by atoms with van der Waals surface area (Å²) < 4.78 is 6.18. The van der Waals surface area contributed by atoms with Gasteiger partial charge >= 0.3 is 0 Å². The second-order valence-electron chi connectivity index (χ2n) is 11.9. The third-order valence-corrected chi connectivity index (χ3v) is 9.09. The quantitative estimate of drug-likeness (QED) is 0.500. The first-order valence-electron chi connectivity index (χ1n) is 13.0. The molecular formula is C33H36O4. The molecule has 2 aromatic rings. The molecule has 0 saturated carbocycles. The van der Waals surface area contributed by atoms with Gasteiger partial charge in [0.1, 0.15) is 17.9 Å². The number of benzene rings is 2. The largest absolute Gasteiger partial charge is 0.492 e. The molecule has 0 bridgehead atoms. The highest BCUT2D eigenvalue weighted by atomic mass is 16.5. The Bertz CT molecular complexity index is 1430. The van der Waals surface area contributed by atoms with Crippen molar-refractivity contribution in [1.82, 2.24) is 0 Å². The van der Waals surface area contributed by atoms with Crippen molar-refractivity contribution in [3.8, 4) is 0 Å². The maximum absolute atomic E-state index is 14.1. The van der Waals surface area contributed by atoms with Gasteiger partial charge in [0, 0.05) is 11.8 Å². The van der Waals surface area contributed by atoms with E-state index in [4.69, 9.17) is 4.74 Å². The van der Waals surface area contributed by atoms with Crippen LogP contribution in [-0.2, 0) is 27.4 Å². The Morgan fingerprint density at radius 1 is 1.03 bits per heavy atom. The molecule has 3 aliphatic rings. The van der Waals surface area contributed by atoms with E-state index < -0.39 is 16.8 Å². The van der Waals surface area contributed by atoms with Crippen molar-refractivity contribution < 1.29 is 19.4 Å². The smallest absolute Gasteiger partial charge is 0.206 e. The second kappa shape index (κ2) is 8.39. The van der Waals surface area contributed by atoms with E-state index >= 15 is 0 Å². The number of Topliss-reactive ketones (excluding diaryl/α,β-unsaturated/α-hetero) is 2. The zero-order valence-corrected chi connectivity index (χ0v) is 22.7. The van der Waals surface area contributed by atoms with Crippen molar-refractivity contribution >= 4 is 17.1 Å². The zero-order valence-electron chi connectivity index (χ0n) is 22.7. The van der Waals surface area contributed by atoms with Crippen LogP contribution >= 0.6 is 0 Å². The van der Waals surface area contributed by atoms with Crippen LogP contribution in [0.15, 0.2) is 71.5 Å². The van der Waals surface area contributed by atoms with Gasteiger partial charge in [-0.15, -0.1) is 0 Å². The molecule has 4 nitrogen and oxygen atoms in total. The summed E-state index contributed by atoms with van der Waals surface area (Å²) in [5, 5.41) is 12.4. The van der Waals surface area contributed by atoms with Crippen LogP contribution in [0.4, 0.5) is 0 Å². The van der Waals surface area contributed by atoms with Crippen LogP contribution in [0.3, 0.4) is 0 Å². The number of fused-ring (bicyclic) bond motifs is 3. The predicted molar refractivity (Wildman–Crippen MR) is 146 cm³/mol. The molecule has 192 valence electrons. The molecular weight excluding hydrogens is 460 g/mol. The van der Waals surface area contributed by atoms with Crippen molar-refractivity contribution in [2.45, 2.75) is 73.0 Å². The molecule has 0 heterocycles. The average molecular weight is 497 g/mol. The van der Waals surface area contributed by atoms with Crippen LogP contribution in [0.25, 0.3) is 5.57 Å². The van der Waals surface area contributed by atoms with Crippen molar-refractivity contribution in [1.29, 1.82) is 0 Å². The molecule has 0 fully saturated rings. The lowest BCUT2D eigenvalue weighted by Gasteiger charge is -2.58. The first-order chi connectivity index (χ1) is 17.3. The Hall–Kier alpha value is -3.24. The highest BCUT2D eigenvalue weighted by Gasteiger charge is 2.65. The zero-order chi connectivity index (χ0) is 26.9. The van der Waals surface area contributed by atoms with E-state index in [0.29, 0.717) is 24.2 Å². The van der Waals surface area contributed by atoms with Crippen LogP contribution < -0.4 is 0 Å². The van der Waals surface area contributed by atoms with Gasteiger partial charge in [0.2, 0.25) is 5.78 Å². The van der Waals surface area contributed by atoms with Crippen molar-refractivity contribution in [3.63, 3.8) is 0 Å². The van der Waals surface area contributed by atoms with E-state index in [9.17, 15) is 14.7 Å². The first kappa shape index (κ1) is 25.4. The minimum Gasteiger partial charge on any atom is -0.492 e. The Kier molecular flexibility index (Phi) is 5.76. The van der Waals surface area contributed by atoms with Gasteiger partial charge in [-0.25, -0.2) is 0 Å². The minimum absolute atomic E-state index is 0.0201. The van der Waals surface area contributed by atoms with E-state index in [1.54, 1.807) is 0 Å². The van der Waals surface area contributed by atoms with Crippen molar-refractivity contribution in [3.05, 3.63) is 99.3 Å². The highest BCUT2D eigenvalue weighted by Crippen LogP contribution is 2.64. The standard InChI is InChI=1S/C33H36O4/c1-19-13-14-20(2)27-21(3)29-22(4)33(36)30(35)28(23(5)34)26(37-17-24-11-9-8-10-12-24)16-32(33,7)18-31(29,6)15-25(19)27/h8-14,36H,3,15-18H2,1-2,4-7H3/t31-,32+,33-/m1/s1. The summed E-state index contributed by atoms with van der Waals surface area (Å²) in [5.41, 5.74) is 5.22. The molecule has 0 radical (unpaired) electrons. The third-order valence-electron chi connectivity index (χ3n) is 9.09. The van der Waals surface area contributed by atoms with E-state index in [-0.39, 0.29) is 23.4 Å². The molecule has 5 rings (SSSR count). The van der Waals surface area contributed by atoms with Gasteiger partial charge in [-0.3, -0.25) is 9.59 Å². The molecule has 0 amide bonds. The molecule has 0 aliphatic heterocycles. The number of aliphatic hydroxyl groups is 1. The van der Waals surface area contributed by atoms with Crippen LogP contribution in [-0.4, -0.2) is 22.3 Å².